The molecule has 0 radical (unpaired) electrons. The van der Waals surface area contributed by atoms with E-state index in [-0.39, 0.29) is 0 Å². The van der Waals surface area contributed by atoms with Crippen molar-refractivity contribution >= 4 is 24.5 Å². The van der Waals surface area contributed by atoms with Crippen LogP contribution in [0.4, 0.5) is 0 Å². The van der Waals surface area contributed by atoms with Gasteiger partial charge >= 0.3 is 11.9 Å². The first-order valence-electron chi connectivity index (χ1n) is 3.10. The van der Waals surface area contributed by atoms with Gasteiger partial charge in [-0.2, -0.15) is 0 Å². The van der Waals surface area contributed by atoms with E-state index in [9.17, 15) is 19.2 Å². The summed E-state index contributed by atoms with van der Waals surface area (Å²) < 4.78 is 0. The molecule has 4 N–H and O–H groups in total. The highest BCUT2D eigenvalue weighted by atomic mass is 16.5. The number of carboxylic acids is 2. The Kier molecular flexibility index (Phi) is 3.07. The number of aliphatic hydroxyl groups is 2. The molecule has 0 aromatic carbocycles. The number of aliphatic carboxylic acids is 2. The largest absolute Gasteiger partial charge is 0.479 e. The summed E-state index contributed by atoms with van der Waals surface area (Å²) in [5.74, 6) is -4.69. The first-order chi connectivity index (χ1) is 6.26. The van der Waals surface area contributed by atoms with E-state index in [0.29, 0.717) is 0 Å². The second-order valence-corrected chi connectivity index (χ2v) is 2.38. The molecule has 0 rings (SSSR count). The molecular weight excluding hydrogens is 200 g/mol. The summed E-state index contributed by atoms with van der Waals surface area (Å²) in [6.07, 6.45) is -1.48. The summed E-state index contributed by atoms with van der Waals surface area (Å²) in [5.41, 5.74) is -7.42. The molecule has 78 valence electrons. The minimum absolute atomic E-state index is 0.738. The number of hydrogen-bond donors (Lipinski definition) is 4. The summed E-state index contributed by atoms with van der Waals surface area (Å²) in [6, 6.07) is 0. The first-order valence-corrected chi connectivity index (χ1v) is 3.10. The van der Waals surface area contributed by atoms with Crippen LogP contribution in [0.25, 0.3) is 0 Å². The van der Waals surface area contributed by atoms with E-state index < -0.39 is 35.7 Å². The molecule has 0 aliphatic heterocycles. The van der Waals surface area contributed by atoms with Crippen LogP contribution in [-0.4, -0.2) is 56.1 Å². The normalized spacial score (nSPS) is 18.7. The fourth-order valence-corrected chi connectivity index (χ4v) is 0.607. The lowest BCUT2D eigenvalue weighted by atomic mass is 9.85. The van der Waals surface area contributed by atoms with Gasteiger partial charge in [-0.25, -0.2) is 9.59 Å². The van der Waals surface area contributed by atoms with Crippen molar-refractivity contribution in [2.45, 2.75) is 11.2 Å². The van der Waals surface area contributed by atoms with Crippen LogP contribution in [-0.2, 0) is 19.2 Å². The van der Waals surface area contributed by atoms with Gasteiger partial charge in [0.1, 0.15) is 0 Å². The van der Waals surface area contributed by atoms with Gasteiger partial charge in [0, 0.05) is 0 Å². The zero-order valence-electron chi connectivity index (χ0n) is 6.58. The predicted octanol–water partition coefficient (Wildman–Crippen LogP) is -2.98. The number of carboxylic acid groups (broad SMARTS) is 2. The van der Waals surface area contributed by atoms with Crippen molar-refractivity contribution in [3.8, 4) is 0 Å². The van der Waals surface area contributed by atoms with Crippen molar-refractivity contribution < 1.29 is 39.6 Å². The number of hydrogen-bond acceptors (Lipinski definition) is 6. The molecule has 14 heavy (non-hydrogen) atoms. The minimum Gasteiger partial charge on any atom is -0.479 e. The Morgan fingerprint density at radius 3 is 1.14 bits per heavy atom. The van der Waals surface area contributed by atoms with E-state index >= 15 is 0 Å². The lowest BCUT2D eigenvalue weighted by Gasteiger charge is -2.27. The lowest BCUT2D eigenvalue weighted by molar-refractivity contribution is -0.199. The summed E-state index contributed by atoms with van der Waals surface area (Å²) in [4.78, 5) is 40.9. The molecule has 0 aliphatic rings. The van der Waals surface area contributed by atoms with E-state index in [1.165, 1.54) is 0 Å². The second-order valence-electron chi connectivity index (χ2n) is 2.38. The van der Waals surface area contributed by atoms with Crippen molar-refractivity contribution in [2.75, 3.05) is 0 Å². The zero-order valence-corrected chi connectivity index (χ0v) is 6.58. The second kappa shape index (κ2) is 3.52. The Balaban J connectivity index is 5.60. The van der Waals surface area contributed by atoms with Crippen LogP contribution in [0.1, 0.15) is 0 Å². The maximum atomic E-state index is 10.3. The maximum absolute atomic E-state index is 10.3. The van der Waals surface area contributed by atoms with Crippen molar-refractivity contribution in [3.63, 3.8) is 0 Å². The maximum Gasteiger partial charge on any atom is 0.347 e. The average Bonchev–Trinajstić information content (AvgIpc) is 2.14. The molecule has 8 nitrogen and oxygen atoms in total. The summed E-state index contributed by atoms with van der Waals surface area (Å²) in [5, 5.41) is 34.5. The SMILES string of the molecule is O=C[C@](O)(C(=O)O)[C@](O)(C=O)C(=O)O. The van der Waals surface area contributed by atoms with E-state index in [1.807, 2.05) is 0 Å². The highest BCUT2D eigenvalue weighted by molar-refractivity contribution is 6.11. The van der Waals surface area contributed by atoms with Crippen molar-refractivity contribution in [2.24, 2.45) is 0 Å². The van der Waals surface area contributed by atoms with E-state index in [4.69, 9.17) is 20.4 Å². The molecule has 0 amide bonds. The van der Waals surface area contributed by atoms with Crippen LogP contribution in [0.3, 0.4) is 0 Å². The van der Waals surface area contributed by atoms with Crippen LogP contribution in [0.5, 0.6) is 0 Å². The van der Waals surface area contributed by atoms with E-state index in [2.05, 4.69) is 0 Å². The van der Waals surface area contributed by atoms with E-state index in [0.717, 1.165) is 0 Å². The van der Waals surface area contributed by atoms with Gasteiger partial charge in [0.05, 0.1) is 0 Å². The molecule has 0 saturated carbocycles. The van der Waals surface area contributed by atoms with Gasteiger partial charge in [-0.1, -0.05) is 0 Å². The fraction of sp³-hybridized carbons (Fsp3) is 0.333. The van der Waals surface area contributed by atoms with Crippen molar-refractivity contribution in [1.82, 2.24) is 0 Å². The van der Waals surface area contributed by atoms with E-state index in [1.54, 1.807) is 0 Å². The topological polar surface area (TPSA) is 149 Å². The predicted molar refractivity (Wildman–Crippen MR) is 37.3 cm³/mol. The molecule has 0 aliphatic carbocycles. The monoisotopic (exact) mass is 206 g/mol. The van der Waals surface area contributed by atoms with Crippen LogP contribution >= 0.6 is 0 Å². The van der Waals surface area contributed by atoms with Gasteiger partial charge in [-0.15, -0.1) is 0 Å². The molecule has 0 saturated heterocycles. The fourth-order valence-electron chi connectivity index (χ4n) is 0.607. The molecule has 0 aromatic rings. The molecular formula is C6H6O8. The standard InChI is InChI=1S/C6H6O8/c7-1-5(13,3(9)10)6(14,2-8)4(11)12/h1-2,13-14H,(H,9,10)(H,11,12)/t5-,6-/m0/s1. The number of aldehydes is 2. The van der Waals surface area contributed by atoms with Gasteiger partial charge in [-0.05, 0) is 0 Å². The number of rotatable bonds is 5. The lowest BCUT2D eigenvalue weighted by Crippen LogP contribution is -2.65. The summed E-state index contributed by atoms with van der Waals surface area (Å²) in [7, 11) is 0. The van der Waals surface area contributed by atoms with Gasteiger partial charge in [0.2, 0.25) is 0 Å². The Morgan fingerprint density at radius 1 is 0.857 bits per heavy atom. The molecule has 8 heteroatoms. The highest BCUT2D eigenvalue weighted by Crippen LogP contribution is 2.19. The number of carbonyl (C=O) groups excluding carboxylic acids is 2. The van der Waals surface area contributed by atoms with Crippen molar-refractivity contribution in [1.29, 1.82) is 0 Å². The third kappa shape index (κ3) is 1.36. The van der Waals surface area contributed by atoms with Crippen LogP contribution < -0.4 is 0 Å². The first kappa shape index (κ1) is 12.2. The van der Waals surface area contributed by atoms with Crippen molar-refractivity contribution in [3.05, 3.63) is 0 Å². The van der Waals surface area contributed by atoms with Gasteiger partial charge < -0.3 is 20.4 Å². The molecule has 0 unspecified atom stereocenters. The Hall–Kier alpha value is -1.80. The Bertz CT molecular complexity index is 266. The Labute approximate surface area is 76.4 Å². The smallest absolute Gasteiger partial charge is 0.347 e. The molecule has 0 spiro atoms. The molecule has 0 bridgehead atoms. The van der Waals surface area contributed by atoms with Gasteiger partial charge in [-0.3, -0.25) is 9.59 Å². The molecule has 0 aromatic heterocycles. The molecule has 0 heterocycles. The van der Waals surface area contributed by atoms with Crippen LogP contribution in [0.15, 0.2) is 0 Å². The van der Waals surface area contributed by atoms with Gasteiger partial charge in [0.15, 0.2) is 12.6 Å². The Morgan fingerprint density at radius 2 is 1.07 bits per heavy atom. The third-order valence-electron chi connectivity index (χ3n) is 1.57. The summed E-state index contributed by atoms with van der Waals surface area (Å²) in [6.45, 7) is 0. The average molecular weight is 206 g/mol. The van der Waals surface area contributed by atoms with Crippen LogP contribution in [0, 0.1) is 0 Å². The molecule has 0 fully saturated rings. The highest BCUT2D eigenvalue weighted by Gasteiger charge is 2.61. The minimum atomic E-state index is -3.71. The quantitative estimate of drug-likeness (QED) is 0.275. The number of carbonyl (C=O) groups is 4. The van der Waals surface area contributed by atoms with Crippen LogP contribution in [0.2, 0.25) is 0 Å². The van der Waals surface area contributed by atoms with Gasteiger partial charge in [0.25, 0.3) is 11.2 Å². The zero-order chi connectivity index (χ0) is 11.6. The molecule has 2 atom stereocenters. The third-order valence-corrected chi connectivity index (χ3v) is 1.57. The summed E-state index contributed by atoms with van der Waals surface area (Å²) >= 11 is 0.